The van der Waals surface area contributed by atoms with E-state index in [1.165, 1.54) is 7.11 Å². The highest BCUT2D eigenvalue weighted by Crippen LogP contribution is 2.43. The van der Waals surface area contributed by atoms with Crippen molar-refractivity contribution in [1.29, 1.82) is 0 Å². The Morgan fingerprint density at radius 3 is 2.36 bits per heavy atom. The van der Waals surface area contributed by atoms with Crippen molar-refractivity contribution < 1.29 is 24.2 Å². The molecule has 0 saturated carbocycles. The van der Waals surface area contributed by atoms with Crippen molar-refractivity contribution in [3.63, 3.8) is 0 Å². The summed E-state index contributed by atoms with van der Waals surface area (Å²) in [6.45, 7) is 0. The second kappa shape index (κ2) is 3.24. The molecule has 0 aromatic rings. The Morgan fingerprint density at radius 1 is 1.29 bits per heavy atom. The number of methoxy groups -OCH3 is 1. The van der Waals surface area contributed by atoms with E-state index in [0.717, 1.165) is 12.8 Å². The molecule has 2 aliphatic heterocycles. The van der Waals surface area contributed by atoms with Crippen LogP contribution in [0.1, 0.15) is 12.8 Å². The molecule has 2 saturated heterocycles. The van der Waals surface area contributed by atoms with E-state index >= 15 is 0 Å². The summed E-state index contributed by atoms with van der Waals surface area (Å²) in [5, 5.41) is 8.96. The normalized spacial score (nSPS) is 39.8. The highest BCUT2D eigenvalue weighted by molar-refractivity contribution is 5.83. The predicted octanol–water partition coefficient (Wildman–Crippen LogP) is 0.0376. The monoisotopic (exact) mass is 200 g/mol. The first-order valence-corrected chi connectivity index (χ1v) is 4.61. The van der Waals surface area contributed by atoms with Crippen LogP contribution in [0.15, 0.2) is 0 Å². The molecule has 0 radical (unpaired) electrons. The van der Waals surface area contributed by atoms with E-state index in [1.54, 1.807) is 0 Å². The molecule has 1 N–H and O–H groups in total. The molecule has 14 heavy (non-hydrogen) atoms. The number of esters is 1. The number of carboxylic acids is 1. The Bertz CT molecular complexity index is 274. The molecule has 0 aromatic carbocycles. The molecule has 4 atom stereocenters. The van der Waals surface area contributed by atoms with Gasteiger partial charge in [-0.25, -0.2) is 0 Å². The summed E-state index contributed by atoms with van der Waals surface area (Å²) in [5.74, 6) is -2.77. The van der Waals surface area contributed by atoms with Gasteiger partial charge in [0.25, 0.3) is 0 Å². The van der Waals surface area contributed by atoms with Gasteiger partial charge >= 0.3 is 11.9 Å². The van der Waals surface area contributed by atoms with Gasteiger partial charge in [0.15, 0.2) is 0 Å². The van der Waals surface area contributed by atoms with Gasteiger partial charge in [0, 0.05) is 0 Å². The second-order valence-electron chi connectivity index (χ2n) is 3.70. The minimum absolute atomic E-state index is 0.256. The molecule has 2 fully saturated rings. The third-order valence-corrected chi connectivity index (χ3v) is 3.03. The molecule has 78 valence electrons. The van der Waals surface area contributed by atoms with Crippen LogP contribution in [0.5, 0.6) is 0 Å². The Morgan fingerprint density at radius 2 is 1.86 bits per heavy atom. The lowest BCUT2D eigenvalue weighted by atomic mass is 9.79. The lowest BCUT2D eigenvalue weighted by Gasteiger charge is -2.22. The van der Waals surface area contributed by atoms with Crippen molar-refractivity contribution in [1.82, 2.24) is 0 Å². The van der Waals surface area contributed by atoms with Gasteiger partial charge in [-0.1, -0.05) is 0 Å². The molecule has 0 amide bonds. The number of fused-ring (bicyclic) bond motifs is 2. The third kappa shape index (κ3) is 1.19. The Balaban J connectivity index is 2.21. The van der Waals surface area contributed by atoms with Crippen LogP contribution < -0.4 is 0 Å². The lowest BCUT2D eigenvalue weighted by Crippen LogP contribution is -2.38. The van der Waals surface area contributed by atoms with Crippen molar-refractivity contribution in [2.45, 2.75) is 25.0 Å². The maximum absolute atomic E-state index is 11.4. The molecular weight excluding hydrogens is 188 g/mol. The van der Waals surface area contributed by atoms with Crippen molar-refractivity contribution in [3.8, 4) is 0 Å². The van der Waals surface area contributed by atoms with E-state index in [1.807, 2.05) is 0 Å². The number of carbonyl (C=O) groups is 2. The highest BCUT2D eigenvalue weighted by Gasteiger charge is 2.56. The molecule has 0 aromatic heterocycles. The summed E-state index contributed by atoms with van der Waals surface area (Å²) < 4.78 is 9.98. The fraction of sp³-hybridized carbons (Fsp3) is 0.778. The summed E-state index contributed by atoms with van der Waals surface area (Å²) in [7, 11) is 1.27. The molecule has 2 rings (SSSR count). The SMILES string of the molecule is COC(=O)[C@@H]1C2CCC(O2)[C@@H]1C(=O)O. The molecule has 0 aliphatic carbocycles. The van der Waals surface area contributed by atoms with Crippen LogP contribution in [0.3, 0.4) is 0 Å². The van der Waals surface area contributed by atoms with Crippen LogP contribution >= 0.6 is 0 Å². The maximum Gasteiger partial charge on any atom is 0.312 e. The highest BCUT2D eigenvalue weighted by atomic mass is 16.5. The van der Waals surface area contributed by atoms with Crippen molar-refractivity contribution >= 4 is 11.9 Å². The van der Waals surface area contributed by atoms with Gasteiger partial charge in [-0.05, 0) is 12.8 Å². The summed E-state index contributed by atoms with van der Waals surface area (Å²) in [6, 6.07) is 0. The number of hydrogen-bond donors (Lipinski definition) is 1. The summed E-state index contributed by atoms with van der Waals surface area (Å²) in [4.78, 5) is 22.3. The molecular formula is C9H12O5. The zero-order chi connectivity index (χ0) is 10.3. The first-order valence-electron chi connectivity index (χ1n) is 4.61. The standard InChI is InChI=1S/C9H12O5/c1-13-9(12)7-5-3-2-4(14-5)6(7)8(10)11/h4-7H,2-3H2,1H3,(H,10,11)/t4?,5?,6-,7+/m0/s1. The van der Waals surface area contributed by atoms with Crippen LogP contribution in [-0.4, -0.2) is 36.4 Å². The minimum Gasteiger partial charge on any atom is -0.481 e. The van der Waals surface area contributed by atoms with Gasteiger partial charge in [-0.3, -0.25) is 9.59 Å². The fourth-order valence-corrected chi connectivity index (χ4v) is 2.43. The van der Waals surface area contributed by atoms with E-state index in [-0.39, 0.29) is 12.2 Å². The third-order valence-electron chi connectivity index (χ3n) is 3.03. The number of ether oxygens (including phenoxy) is 2. The van der Waals surface area contributed by atoms with Gasteiger partial charge in [0.1, 0.15) is 0 Å². The zero-order valence-corrected chi connectivity index (χ0v) is 7.80. The van der Waals surface area contributed by atoms with Crippen LogP contribution in [-0.2, 0) is 19.1 Å². The first kappa shape index (κ1) is 9.45. The summed E-state index contributed by atoms with van der Waals surface area (Å²) >= 11 is 0. The van der Waals surface area contributed by atoms with Gasteiger partial charge in [-0.2, -0.15) is 0 Å². The molecule has 0 spiro atoms. The van der Waals surface area contributed by atoms with Gasteiger partial charge in [0.05, 0.1) is 31.2 Å². The number of carboxylic acid groups (broad SMARTS) is 1. The van der Waals surface area contributed by atoms with E-state index in [4.69, 9.17) is 9.84 Å². The second-order valence-corrected chi connectivity index (χ2v) is 3.70. The molecule has 2 heterocycles. The quantitative estimate of drug-likeness (QED) is 0.637. The molecule has 2 aliphatic rings. The van der Waals surface area contributed by atoms with Crippen molar-refractivity contribution in [3.05, 3.63) is 0 Å². The molecule has 2 bridgehead atoms. The maximum atomic E-state index is 11.4. The van der Waals surface area contributed by atoms with Crippen molar-refractivity contribution in [2.75, 3.05) is 7.11 Å². The van der Waals surface area contributed by atoms with Crippen LogP contribution in [0.25, 0.3) is 0 Å². The predicted molar refractivity (Wildman–Crippen MR) is 44.5 cm³/mol. The molecule has 5 heteroatoms. The topological polar surface area (TPSA) is 72.8 Å². The average Bonchev–Trinajstić information content (AvgIpc) is 2.74. The summed E-state index contributed by atoms with van der Waals surface area (Å²) in [6.07, 6.45) is 0.929. The summed E-state index contributed by atoms with van der Waals surface area (Å²) in [5.41, 5.74) is 0. The van der Waals surface area contributed by atoms with Crippen LogP contribution in [0, 0.1) is 11.8 Å². The van der Waals surface area contributed by atoms with E-state index in [2.05, 4.69) is 4.74 Å². The van der Waals surface area contributed by atoms with E-state index in [9.17, 15) is 9.59 Å². The number of aliphatic carboxylic acids is 1. The van der Waals surface area contributed by atoms with Crippen molar-refractivity contribution in [2.24, 2.45) is 11.8 Å². The largest absolute Gasteiger partial charge is 0.481 e. The van der Waals surface area contributed by atoms with Crippen LogP contribution in [0.4, 0.5) is 0 Å². The van der Waals surface area contributed by atoms with Crippen LogP contribution in [0.2, 0.25) is 0 Å². The van der Waals surface area contributed by atoms with Gasteiger partial charge in [0.2, 0.25) is 0 Å². The fourth-order valence-electron chi connectivity index (χ4n) is 2.43. The number of hydrogen-bond acceptors (Lipinski definition) is 4. The average molecular weight is 200 g/mol. The molecule has 2 unspecified atom stereocenters. The molecule has 5 nitrogen and oxygen atoms in total. The lowest BCUT2D eigenvalue weighted by molar-refractivity contribution is -0.156. The van der Waals surface area contributed by atoms with E-state index < -0.39 is 23.8 Å². The zero-order valence-electron chi connectivity index (χ0n) is 7.80. The smallest absolute Gasteiger partial charge is 0.312 e. The van der Waals surface area contributed by atoms with E-state index in [0.29, 0.717) is 0 Å². The first-order chi connectivity index (χ1) is 6.65. The minimum atomic E-state index is -0.965. The Labute approximate surface area is 81.0 Å². The Hall–Kier alpha value is -1.10. The number of carbonyl (C=O) groups excluding carboxylic acids is 1. The number of rotatable bonds is 2. The van der Waals surface area contributed by atoms with Gasteiger partial charge in [-0.15, -0.1) is 0 Å². The Kier molecular flexibility index (Phi) is 2.19. The van der Waals surface area contributed by atoms with Gasteiger partial charge < -0.3 is 14.6 Å².